The summed E-state index contributed by atoms with van der Waals surface area (Å²) >= 11 is 0. The first-order valence-electron chi connectivity index (χ1n) is 8.97. The van der Waals surface area contributed by atoms with Gasteiger partial charge in [-0.15, -0.1) is 0 Å². The summed E-state index contributed by atoms with van der Waals surface area (Å²) in [6.07, 6.45) is 1.62. The van der Waals surface area contributed by atoms with Crippen LogP contribution in [-0.4, -0.2) is 57.7 Å². The third kappa shape index (κ3) is 3.70. The first-order valence-corrected chi connectivity index (χ1v) is 8.97. The standard InChI is InChI=1S/C20H22N2O5/c23-11-9-21(10-12-24)19(26)16-13-15-17(7-4-8-18(15)25)22(20(16)27)14-5-2-1-3-6-14/h1-3,5-6,13,23-24H,4,7-12H2. The van der Waals surface area contributed by atoms with Crippen LogP contribution in [0.15, 0.2) is 41.2 Å². The zero-order chi connectivity index (χ0) is 19.4. The van der Waals surface area contributed by atoms with Crippen molar-refractivity contribution in [3.05, 3.63) is 63.6 Å². The van der Waals surface area contributed by atoms with Crippen molar-refractivity contribution in [3.8, 4) is 5.69 Å². The highest BCUT2D eigenvalue weighted by Crippen LogP contribution is 2.24. The molecule has 0 bridgehead atoms. The third-order valence-electron chi connectivity index (χ3n) is 4.69. The number of rotatable bonds is 6. The van der Waals surface area contributed by atoms with Crippen molar-refractivity contribution in [3.63, 3.8) is 0 Å². The fourth-order valence-corrected chi connectivity index (χ4v) is 3.42. The number of ketones is 1. The number of amides is 1. The van der Waals surface area contributed by atoms with Gasteiger partial charge in [0, 0.05) is 36.5 Å². The number of hydrogen-bond donors (Lipinski definition) is 2. The van der Waals surface area contributed by atoms with Crippen LogP contribution in [0.5, 0.6) is 0 Å². The van der Waals surface area contributed by atoms with E-state index in [1.165, 1.54) is 15.5 Å². The Morgan fingerprint density at radius 3 is 2.33 bits per heavy atom. The van der Waals surface area contributed by atoms with Crippen molar-refractivity contribution in [1.82, 2.24) is 9.47 Å². The summed E-state index contributed by atoms with van der Waals surface area (Å²) in [5.41, 5.74) is 0.977. The molecule has 2 N–H and O–H groups in total. The van der Waals surface area contributed by atoms with E-state index in [4.69, 9.17) is 0 Å². The maximum Gasteiger partial charge on any atom is 0.268 e. The van der Waals surface area contributed by atoms with Crippen LogP contribution < -0.4 is 5.56 Å². The lowest BCUT2D eigenvalue weighted by Crippen LogP contribution is -2.41. The quantitative estimate of drug-likeness (QED) is 0.783. The molecule has 1 aromatic carbocycles. The number of hydrogen-bond acceptors (Lipinski definition) is 5. The fourth-order valence-electron chi connectivity index (χ4n) is 3.42. The van der Waals surface area contributed by atoms with Gasteiger partial charge < -0.3 is 15.1 Å². The molecule has 3 rings (SSSR count). The number of Topliss-reactive ketones (excluding diaryl/α,β-unsaturated/α-hetero) is 1. The average Bonchev–Trinajstić information content (AvgIpc) is 2.68. The number of nitrogens with zero attached hydrogens (tertiary/aromatic N) is 2. The fraction of sp³-hybridized carbons (Fsp3) is 0.350. The Bertz CT molecular complexity index is 899. The zero-order valence-corrected chi connectivity index (χ0v) is 14.9. The minimum Gasteiger partial charge on any atom is -0.395 e. The highest BCUT2D eigenvalue weighted by molar-refractivity contribution is 6.02. The molecule has 1 heterocycles. The number of pyridine rings is 1. The summed E-state index contributed by atoms with van der Waals surface area (Å²) in [7, 11) is 0. The van der Waals surface area contributed by atoms with E-state index in [-0.39, 0.29) is 37.6 Å². The second kappa shape index (κ2) is 8.28. The molecule has 0 fully saturated rings. The number of carbonyl (C=O) groups excluding carboxylic acids is 2. The molecule has 7 nitrogen and oxygen atoms in total. The Morgan fingerprint density at radius 1 is 1.04 bits per heavy atom. The lowest BCUT2D eigenvalue weighted by atomic mass is 9.92. The molecule has 1 aliphatic rings. The van der Waals surface area contributed by atoms with Gasteiger partial charge >= 0.3 is 0 Å². The number of aromatic nitrogens is 1. The van der Waals surface area contributed by atoms with Gasteiger partial charge in [0.2, 0.25) is 0 Å². The predicted molar refractivity (Wildman–Crippen MR) is 99.4 cm³/mol. The highest BCUT2D eigenvalue weighted by Gasteiger charge is 2.27. The molecule has 0 radical (unpaired) electrons. The van der Waals surface area contributed by atoms with E-state index < -0.39 is 11.5 Å². The normalized spacial score (nSPS) is 13.3. The van der Waals surface area contributed by atoms with E-state index in [1.807, 2.05) is 6.07 Å². The second-order valence-corrected chi connectivity index (χ2v) is 6.41. The van der Waals surface area contributed by atoms with Gasteiger partial charge in [-0.2, -0.15) is 0 Å². The van der Waals surface area contributed by atoms with Crippen molar-refractivity contribution in [2.24, 2.45) is 0 Å². The molecule has 27 heavy (non-hydrogen) atoms. The van der Waals surface area contributed by atoms with Gasteiger partial charge in [-0.05, 0) is 31.0 Å². The van der Waals surface area contributed by atoms with E-state index >= 15 is 0 Å². The number of aliphatic hydroxyl groups is 2. The lowest BCUT2D eigenvalue weighted by molar-refractivity contribution is 0.0682. The summed E-state index contributed by atoms with van der Waals surface area (Å²) in [6.45, 7) is -0.588. The number of aliphatic hydroxyl groups excluding tert-OH is 2. The summed E-state index contributed by atoms with van der Waals surface area (Å²) in [5, 5.41) is 18.4. The molecule has 1 aliphatic carbocycles. The molecule has 1 amide bonds. The average molecular weight is 370 g/mol. The molecule has 142 valence electrons. The Labute approximate surface area is 156 Å². The summed E-state index contributed by atoms with van der Waals surface area (Å²) < 4.78 is 1.44. The Kier molecular flexibility index (Phi) is 5.83. The maximum atomic E-state index is 13.2. The van der Waals surface area contributed by atoms with Gasteiger partial charge in [-0.1, -0.05) is 18.2 Å². The van der Waals surface area contributed by atoms with Crippen molar-refractivity contribution >= 4 is 11.7 Å². The molecular weight excluding hydrogens is 348 g/mol. The van der Waals surface area contributed by atoms with Crippen LogP contribution in [0.25, 0.3) is 5.69 Å². The van der Waals surface area contributed by atoms with Crippen LogP contribution in [-0.2, 0) is 6.42 Å². The monoisotopic (exact) mass is 370 g/mol. The molecular formula is C20H22N2O5. The van der Waals surface area contributed by atoms with Gasteiger partial charge in [-0.3, -0.25) is 19.0 Å². The van der Waals surface area contributed by atoms with Crippen molar-refractivity contribution in [1.29, 1.82) is 0 Å². The highest BCUT2D eigenvalue weighted by atomic mass is 16.3. The lowest BCUT2D eigenvalue weighted by Gasteiger charge is -2.24. The first-order chi connectivity index (χ1) is 13.1. The zero-order valence-electron chi connectivity index (χ0n) is 14.9. The Hall–Kier alpha value is -2.77. The Morgan fingerprint density at radius 2 is 1.70 bits per heavy atom. The van der Waals surface area contributed by atoms with E-state index in [2.05, 4.69) is 0 Å². The molecule has 0 unspecified atom stereocenters. The Balaban J connectivity index is 2.21. The molecule has 1 aromatic heterocycles. The number of para-hydroxylation sites is 1. The van der Waals surface area contributed by atoms with Crippen LogP contribution in [0.2, 0.25) is 0 Å². The van der Waals surface area contributed by atoms with Gasteiger partial charge in [0.05, 0.1) is 13.2 Å². The van der Waals surface area contributed by atoms with Crippen LogP contribution in [0.4, 0.5) is 0 Å². The van der Waals surface area contributed by atoms with E-state index in [1.54, 1.807) is 24.3 Å². The molecule has 0 atom stereocenters. The minimum absolute atomic E-state index is 0.00476. The topological polar surface area (TPSA) is 99.8 Å². The molecule has 7 heteroatoms. The van der Waals surface area contributed by atoms with Gasteiger partial charge in [0.15, 0.2) is 5.78 Å². The smallest absolute Gasteiger partial charge is 0.268 e. The van der Waals surface area contributed by atoms with Crippen LogP contribution >= 0.6 is 0 Å². The third-order valence-corrected chi connectivity index (χ3v) is 4.69. The van der Waals surface area contributed by atoms with E-state index in [0.717, 1.165) is 0 Å². The number of fused-ring (bicyclic) bond motifs is 1. The van der Waals surface area contributed by atoms with Crippen molar-refractivity contribution < 1.29 is 19.8 Å². The summed E-state index contributed by atoms with van der Waals surface area (Å²) in [4.78, 5) is 39.8. The van der Waals surface area contributed by atoms with Crippen LogP contribution in [0, 0.1) is 0 Å². The van der Waals surface area contributed by atoms with E-state index in [0.29, 0.717) is 36.2 Å². The van der Waals surface area contributed by atoms with Crippen LogP contribution in [0.3, 0.4) is 0 Å². The number of benzene rings is 1. The molecule has 0 saturated carbocycles. The number of carbonyl (C=O) groups is 2. The van der Waals surface area contributed by atoms with Gasteiger partial charge in [-0.25, -0.2) is 0 Å². The molecule has 0 aliphatic heterocycles. The molecule has 0 spiro atoms. The van der Waals surface area contributed by atoms with Crippen molar-refractivity contribution in [2.75, 3.05) is 26.3 Å². The summed E-state index contributed by atoms with van der Waals surface area (Å²) in [5.74, 6) is -0.695. The van der Waals surface area contributed by atoms with E-state index in [9.17, 15) is 24.6 Å². The maximum absolute atomic E-state index is 13.2. The molecule has 0 saturated heterocycles. The summed E-state index contributed by atoms with van der Waals surface area (Å²) in [6, 6.07) is 10.3. The molecule has 2 aromatic rings. The van der Waals surface area contributed by atoms with Gasteiger partial charge in [0.25, 0.3) is 11.5 Å². The van der Waals surface area contributed by atoms with Crippen molar-refractivity contribution in [2.45, 2.75) is 19.3 Å². The largest absolute Gasteiger partial charge is 0.395 e. The second-order valence-electron chi connectivity index (χ2n) is 6.41. The minimum atomic E-state index is -0.603. The van der Waals surface area contributed by atoms with Crippen LogP contribution in [0.1, 0.15) is 39.3 Å². The SMILES string of the molecule is O=C1CCCc2c1cc(C(=O)N(CCO)CCO)c(=O)n2-c1ccccc1. The first kappa shape index (κ1) is 19.0. The predicted octanol–water partition coefficient (Wildman–Crippen LogP) is 0.783. The van der Waals surface area contributed by atoms with Gasteiger partial charge in [0.1, 0.15) is 5.56 Å².